The summed E-state index contributed by atoms with van der Waals surface area (Å²) in [5, 5.41) is 5.87. The molecule has 122 valence electrons. The molecule has 0 unspecified atom stereocenters. The quantitative estimate of drug-likeness (QED) is 0.789. The van der Waals surface area contributed by atoms with Crippen LogP contribution in [-0.2, 0) is 0 Å². The summed E-state index contributed by atoms with van der Waals surface area (Å²) in [6.45, 7) is 2.50. The van der Waals surface area contributed by atoms with Crippen LogP contribution < -0.4 is 10.6 Å². The van der Waals surface area contributed by atoms with Crippen molar-refractivity contribution < 1.29 is 9.18 Å². The van der Waals surface area contributed by atoms with E-state index in [1.807, 2.05) is 0 Å². The zero-order valence-corrected chi connectivity index (χ0v) is 13.9. The van der Waals surface area contributed by atoms with Crippen molar-refractivity contribution in [1.82, 2.24) is 10.6 Å². The van der Waals surface area contributed by atoms with Crippen molar-refractivity contribution >= 4 is 29.1 Å². The van der Waals surface area contributed by atoms with Gasteiger partial charge in [-0.1, -0.05) is 36.0 Å². The number of carbonyl (C=O) groups is 1. The predicted molar refractivity (Wildman–Crippen MR) is 88.2 cm³/mol. The van der Waals surface area contributed by atoms with Crippen LogP contribution in [0.5, 0.6) is 0 Å². The first kappa shape index (κ1) is 17.5. The van der Waals surface area contributed by atoms with E-state index in [1.165, 1.54) is 32.0 Å². The largest absolute Gasteiger partial charge is 0.349 e. The lowest BCUT2D eigenvalue weighted by Gasteiger charge is -2.13. The highest BCUT2D eigenvalue weighted by Gasteiger charge is 2.21. The number of hydrogen-bond donors (Lipinski definition) is 2. The molecule has 1 saturated carbocycles. The fourth-order valence-corrected chi connectivity index (χ4v) is 3.06. The molecule has 3 nitrogen and oxygen atoms in total. The lowest BCUT2D eigenvalue weighted by Crippen LogP contribution is -2.32. The molecule has 0 spiro atoms. The first-order valence-corrected chi connectivity index (χ1v) is 8.50. The molecule has 0 atom stereocenters. The number of rotatable bonds is 2. The fraction of sp³-hybridized carbons (Fsp3) is 0.562. The zero-order chi connectivity index (χ0) is 15.9. The van der Waals surface area contributed by atoms with Crippen LogP contribution in [0, 0.1) is 5.82 Å². The number of nitrogens with one attached hydrogen (secondary N) is 2. The Morgan fingerprint density at radius 2 is 1.73 bits per heavy atom. The summed E-state index contributed by atoms with van der Waals surface area (Å²) in [6.07, 6.45) is 7.00. The van der Waals surface area contributed by atoms with Crippen molar-refractivity contribution in [3.63, 3.8) is 0 Å². The standard InChI is InChI=1S/C12H12Cl2FNO.C4H9N/c13-10-8(5-6-9(15)11(10)14)12(17)16-7-3-1-2-4-7;1-2-4-5-3-1/h5-7H,1-4H2,(H,16,17);5H,1-4H2. The average molecular weight is 347 g/mol. The van der Waals surface area contributed by atoms with E-state index in [0.717, 1.165) is 31.7 Å². The molecule has 1 aliphatic heterocycles. The first-order chi connectivity index (χ1) is 10.6. The smallest absolute Gasteiger partial charge is 0.253 e. The van der Waals surface area contributed by atoms with Gasteiger partial charge in [-0.25, -0.2) is 4.39 Å². The Morgan fingerprint density at radius 1 is 1.09 bits per heavy atom. The maximum Gasteiger partial charge on any atom is 0.253 e. The highest BCUT2D eigenvalue weighted by Crippen LogP contribution is 2.29. The third-order valence-electron chi connectivity index (χ3n) is 3.93. The first-order valence-electron chi connectivity index (χ1n) is 7.74. The Hall–Kier alpha value is -0.840. The molecule has 1 saturated heterocycles. The Labute approximate surface area is 140 Å². The topological polar surface area (TPSA) is 41.1 Å². The van der Waals surface area contributed by atoms with Crippen molar-refractivity contribution in [3.05, 3.63) is 33.6 Å². The molecular weight excluding hydrogens is 326 g/mol. The second-order valence-electron chi connectivity index (χ2n) is 5.63. The van der Waals surface area contributed by atoms with Crippen LogP contribution in [0.25, 0.3) is 0 Å². The molecule has 0 aromatic heterocycles. The maximum atomic E-state index is 13.1. The summed E-state index contributed by atoms with van der Waals surface area (Å²) < 4.78 is 13.1. The molecule has 0 bridgehead atoms. The Balaban J connectivity index is 0.000000299. The van der Waals surface area contributed by atoms with Gasteiger partial charge < -0.3 is 10.6 Å². The minimum absolute atomic E-state index is 0.0258. The lowest BCUT2D eigenvalue weighted by molar-refractivity contribution is 0.0938. The van der Waals surface area contributed by atoms with E-state index in [0.29, 0.717) is 0 Å². The summed E-state index contributed by atoms with van der Waals surface area (Å²) >= 11 is 11.5. The average Bonchev–Trinajstić information content (AvgIpc) is 3.20. The molecule has 1 aromatic carbocycles. The monoisotopic (exact) mass is 346 g/mol. The second-order valence-corrected chi connectivity index (χ2v) is 6.39. The molecule has 3 rings (SSSR count). The van der Waals surface area contributed by atoms with Crippen molar-refractivity contribution in [3.8, 4) is 0 Å². The Bertz CT molecular complexity index is 508. The minimum atomic E-state index is -0.617. The van der Waals surface area contributed by atoms with Crippen LogP contribution in [0.4, 0.5) is 4.39 Å². The number of benzene rings is 1. The molecule has 2 N–H and O–H groups in total. The van der Waals surface area contributed by atoms with Gasteiger partial charge in [0, 0.05) is 6.04 Å². The highest BCUT2D eigenvalue weighted by molar-refractivity contribution is 6.43. The van der Waals surface area contributed by atoms with Crippen molar-refractivity contribution in [1.29, 1.82) is 0 Å². The summed E-state index contributed by atoms with van der Waals surface area (Å²) in [5.74, 6) is -0.905. The molecule has 2 fully saturated rings. The van der Waals surface area contributed by atoms with Gasteiger partial charge in [0.25, 0.3) is 5.91 Å². The summed E-state index contributed by atoms with van der Waals surface area (Å²) in [7, 11) is 0. The Morgan fingerprint density at radius 3 is 2.27 bits per heavy atom. The van der Waals surface area contributed by atoms with Crippen LogP contribution >= 0.6 is 23.2 Å². The van der Waals surface area contributed by atoms with Crippen LogP contribution in [0.3, 0.4) is 0 Å². The third-order valence-corrected chi connectivity index (χ3v) is 4.79. The molecular formula is C16H21Cl2FN2O. The van der Waals surface area contributed by atoms with Gasteiger partial charge >= 0.3 is 0 Å². The molecule has 1 aromatic rings. The van der Waals surface area contributed by atoms with E-state index < -0.39 is 5.82 Å². The lowest BCUT2D eigenvalue weighted by atomic mass is 10.1. The fourth-order valence-electron chi connectivity index (χ4n) is 2.66. The Kier molecular flexibility index (Phi) is 6.93. The second kappa shape index (κ2) is 8.70. The van der Waals surface area contributed by atoms with Crippen LogP contribution in [0.2, 0.25) is 10.0 Å². The maximum absolute atomic E-state index is 13.1. The van der Waals surface area contributed by atoms with Crippen LogP contribution in [-0.4, -0.2) is 25.0 Å². The number of halogens is 3. The molecule has 6 heteroatoms. The highest BCUT2D eigenvalue weighted by atomic mass is 35.5. The van der Waals surface area contributed by atoms with Crippen molar-refractivity contribution in [2.75, 3.05) is 13.1 Å². The van der Waals surface area contributed by atoms with Gasteiger partial charge in [0.1, 0.15) is 5.82 Å². The third kappa shape index (κ3) is 4.83. The van der Waals surface area contributed by atoms with E-state index in [2.05, 4.69) is 10.6 Å². The van der Waals surface area contributed by atoms with E-state index in [4.69, 9.17) is 23.2 Å². The van der Waals surface area contributed by atoms with Gasteiger partial charge in [-0.2, -0.15) is 0 Å². The van der Waals surface area contributed by atoms with E-state index >= 15 is 0 Å². The number of carbonyl (C=O) groups excluding carboxylic acids is 1. The summed E-state index contributed by atoms with van der Waals surface area (Å²) in [4.78, 5) is 11.9. The summed E-state index contributed by atoms with van der Waals surface area (Å²) in [5.41, 5.74) is 0.227. The van der Waals surface area contributed by atoms with Crippen LogP contribution in [0.15, 0.2) is 12.1 Å². The van der Waals surface area contributed by atoms with Gasteiger partial charge in [-0.05, 0) is 50.9 Å². The molecule has 0 radical (unpaired) electrons. The molecule has 1 amide bonds. The van der Waals surface area contributed by atoms with Gasteiger partial charge in [0.2, 0.25) is 0 Å². The normalized spacial score (nSPS) is 18.0. The number of hydrogen-bond acceptors (Lipinski definition) is 2. The molecule has 1 heterocycles. The van der Waals surface area contributed by atoms with E-state index in [-0.39, 0.29) is 27.6 Å². The van der Waals surface area contributed by atoms with E-state index in [9.17, 15) is 9.18 Å². The van der Waals surface area contributed by atoms with Gasteiger partial charge in [0.15, 0.2) is 0 Å². The van der Waals surface area contributed by atoms with E-state index in [1.54, 1.807) is 0 Å². The predicted octanol–water partition coefficient (Wildman–Crippen LogP) is 4.17. The van der Waals surface area contributed by atoms with Gasteiger partial charge in [-0.3, -0.25) is 4.79 Å². The molecule has 2 aliphatic rings. The summed E-state index contributed by atoms with van der Waals surface area (Å²) in [6, 6.07) is 2.70. The molecule has 22 heavy (non-hydrogen) atoms. The zero-order valence-electron chi connectivity index (χ0n) is 12.4. The number of amides is 1. The van der Waals surface area contributed by atoms with Crippen LogP contribution in [0.1, 0.15) is 48.9 Å². The van der Waals surface area contributed by atoms with Gasteiger partial charge in [0.05, 0.1) is 15.6 Å². The minimum Gasteiger partial charge on any atom is -0.349 e. The molecule has 1 aliphatic carbocycles. The van der Waals surface area contributed by atoms with Gasteiger partial charge in [-0.15, -0.1) is 0 Å². The van der Waals surface area contributed by atoms with Crippen molar-refractivity contribution in [2.24, 2.45) is 0 Å². The van der Waals surface area contributed by atoms with Crippen molar-refractivity contribution in [2.45, 2.75) is 44.6 Å². The SMILES string of the molecule is C1CCNC1.O=C(NC1CCCC1)c1ccc(F)c(Cl)c1Cl.